The molecular weight excluding hydrogens is 380 g/mol. The van der Waals surface area contributed by atoms with E-state index in [9.17, 15) is 4.79 Å². The molecule has 29 heavy (non-hydrogen) atoms. The molecule has 1 N–H and O–H groups in total. The molecule has 0 aromatic heterocycles. The number of nitrogens with zero attached hydrogens (tertiary/aromatic N) is 1. The van der Waals surface area contributed by atoms with Crippen LogP contribution < -0.4 is 10.1 Å². The highest BCUT2D eigenvalue weighted by Gasteiger charge is 2.23. The van der Waals surface area contributed by atoms with Gasteiger partial charge in [-0.05, 0) is 60.2 Å². The number of para-hydroxylation sites is 1. The summed E-state index contributed by atoms with van der Waals surface area (Å²) in [6.45, 7) is 2.59. The first kappa shape index (κ1) is 19.0. The van der Waals surface area contributed by atoms with E-state index in [-0.39, 0.29) is 5.91 Å². The van der Waals surface area contributed by atoms with Crippen molar-refractivity contribution in [3.05, 3.63) is 100 Å². The molecule has 1 fully saturated rings. The number of hydrogen-bond donors (Lipinski definition) is 1. The van der Waals surface area contributed by atoms with Crippen LogP contribution in [0.4, 0.5) is 5.69 Å². The number of hydrogen-bond acceptors (Lipinski definition) is 4. The molecule has 1 amide bonds. The van der Waals surface area contributed by atoms with Crippen molar-refractivity contribution >= 4 is 34.6 Å². The van der Waals surface area contributed by atoms with E-state index >= 15 is 0 Å². The highest BCUT2D eigenvalue weighted by Crippen LogP contribution is 2.28. The lowest BCUT2D eigenvalue weighted by molar-refractivity contribution is -0.115. The average Bonchev–Trinajstić information content (AvgIpc) is 3.08. The SMILES string of the molecule is Cc1ccc(COc2ccc(C=C3SC(=Nc4ccccc4)NC3=O)cc2)cc1. The Morgan fingerprint density at radius 3 is 2.41 bits per heavy atom. The summed E-state index contributed by atoms with van der Waals surface area (Å²) in [5, 5.41) is 3.40. The Morgan fingerprint density at radius 2 is 1.69 bits per heavy atom. The van der Waals surface area contributed by atoms with Crippen molar-refractivity contribution in [3.8, 4) is 5.75 Å². The van der Waals surface area contributed by atoms with Gasteiger partial charge in [0.05, 0.1) is 10.6 Å². The van der Waals surface area contributed by atoms with Crippen molar-refractivity contribution in [2.24, 2.45) is 4.99 Å². The van der Waals surface area contributed by atoms with Crippen LogP contribution in [-0.2, 0) is 11.4 Å². The summed E-state index contributed by atoms with van der Waals surface area (Å²) < 4.78 is 5.84. The molecule has 1 aliphatic heterocycles. The third-order valence-electron chi connectivity index (χ3n) is 4.34. The number of nitrogens with one attached hydrogen (secondary N) is 1. The second-order valence-electron chi connectivity index (χ2n) is 6.66. The number of benzene rings is 3. The molecule has 4 rings (SSSR count). The van der Waals surface area contributed by atoms with Crippen LogP contribution >= 0.6 is 11.8 Å². The van der Waals surface area contributed by atoms with Crippen molar-refractivity contribution in [3.63, 3.8) is 0 Å². The summed E-state index contributed by atoms with van der Waals surface area (Å²) in [5.41, 5.74) is 4.11. The highest BCUT2D eigenvalue weighted by molar-refractivity contribution is 8.18. The normalized spacial score (nSPS) is 16.2. The van der Waals surface area contributed by atoms with Crippen LogP contribution in [0, 0.1) is 6.92 Å². The molecule has 0 bridgehead atoms. The molecule has 0 unspecified atom stereocenters. The molecule has 144 valence electrons. The second kappa shape index (κ2) is 8.80. The summed E-state index contributed by atoms with van der Waals surface area (Å²) in [6.07, 6.45) is 1.86. The van der Waals surface area contributed by atoms with Crippen LogP contribution in [-0.4, -0.2) is 11.1 Å². The van der Waals surface area contributed by atoms with Gasteiger partial charge in [-0.1, -0.05) is 60.2 Å². The minimum atomic E-state index is -0.135. The molecule has 5 heteroatoms. The zero-order valence-electron chi connectivity index (χ0n) is 16.0. The quantitative estimate of drug-likeness (QED) is 0.578. The maximum atomic E-state index is 12.2. The van der Waals surface area contributed by atoms with Crippen LogP contribution in [0.5, 0.6) is 5.75 Å². The fourth-order valence-electron chi connectivity index (χ4n) is 2.76. The molecule has 0 aliphatic carbocycles. The van der Waals surface area contributed by atoms with Crippen molar-refractivity contribution in [1.82, 2.24) is 5.32 Å². The predicted octanol–water partition coefficient (Wildman–Crippen LogP) is 5.47. The number of thioether (sulfide) groups is 1. The highest BCUT2D eigenvalue weighted by atomic mass is 32.2. The lowest BCUT2D eigenvalue weighted by Crippen LogP contribution is -2.19. The summed E-state index contributed by atoms with van der Waals surface area (Å²) >= 11 is 1.34. The third-order valence-corrected chi connectivity index (χ3v) is 5.25. The van der Waals surface area contributed by atoms with Crippen molar-refractivity contribution in [2.45, 2.75) is 13.5 Å². The summed E-state index contributed by atoms with van der Waals surface area (Å²) in [4.78, 5) is 17.3. The van der Waals surface area contributed by atoms with Gasteiger partial charge < -0.3 is 10.1 Å². The number of aryl methyl sites for hydroxylation is 1. The Kier molecular flexibility index (Phi) is 5.77. The Balaban J connectivity index is 1.40. The van der Waals surface area contributed by atoms with Crippen molar-refractivity contribution in [1.29, 1.82) is 0 Å². The second-order valence-corrected chi connectivity index (χ2v) is 7.69. The first-order valence-corrected chi connectivity index (χ1v) is 10.1. The molecule has 1 saturated heterocycles. The zero-order valence-corrected chi connectivity index (χ0v) is 16.8. The fourth-order valence-corrected chi connectivity index (χ4v) is 3.60. The van der Waals surface area contributed by atoms with E-state index in [1.54, 1.807) is 0 Å². The number of carbonyl (C=O) groups is 1. The van der Waals surface area contributed by atoms with Gasteiger partial charge in [0.1, 0.15) is 12.4 Å². The van der Waals surface area contributed by atoms with Gasteiger partial charge in [0, 0.05) is 0 Å². The number of amides is 1. The van der Waals surface area contributed by atoms with Gasteiger partial charge >= 0.3 is 0 Å². The molecule has 0 saturated carbocycles. The van der Waals surface area contributed by atoms with Crippen LogP contribution in [0.25, 0.3) is 6.08 Å². The number of rotatable bonds is 5. The van der Waals surface area contributed by atoms with Gasteiger partial charge in [-0.25, -0.2) is 4.99 Å². The smallest absolute Gasteiger partial charge is 0.264 e. The summed E-state index contributed by atoms with van der Waals surface area (Å²) in [7, 11) is 0. The first-order valence-electron chi connectivity index (χ1n) is 9.29. The van der Waals surface area contributed by atoms with E-state index in [1.165, 1.54) is 17.3 Å². The molecule has 1 heterocycles. The minimum Gasteiger partial charge on any atom is -0.489 e. The Hall–Kier alpha value is -3.31. The topological polar surface area (TPSA) is 50.7 Å². The van der Waals surface area contributed by atoms with Gasteiger partial charge in [-0.2, -0.15) is 0 Å². The zero-order chi connectivity index (χ0) is 20.1. The van der Waals surface area contributed by atoms with Crippen LogP contribution in [0.1, 0.15) is 16.7 Å². The van der Waals surface area contributed by atoms with Crippen LogP contribution in [0.2, 0.25) is 0 Å². The molecule has 3 aromatic rings. The molecule has 1 aliphatic rings. The van der Waals surface area contributed by atoms with Gasteiger partial charge in [0.15, 0.2) is 5.17 Å². The maximum absolute atomic E-state index is 12.2. The number of ether oxygens (including phenoxy) is 1. The van der Waals surface area contributed by atoms with E-state index in [2.05, 4.69) is 41.5 Å². The number of carbonyl (C=O) groups excluding carboxylic acids is 1. The number of aliphatic imine (C=N–C) groups is 1. The largest absolute Gasteiger partial charge is 0.489 e. The molecule has 0 radical (unpaired) electrons. The van der Waals surface area contributed by atoms with E-state index in [1.807, 2.05) is 60.7 Å². The van der Waals surface area contributed by atoms with Gasteiger partial charge in [0.2, 0.25) is 0 Å². The molecule has 3 aromatic carbocycles. The van der Waals surface area contributed by atoms with Crippen LogP contribution in [0.3, 0.4) is 0 Å². The van der Waals surface area contributed by atoms with Gasteiger partial charge in [-0.15, -0.1) is 0 Å². The minimum absolute atomic E-state index is 0.135. The Morgan fingerprint density at radius 1 is 0.966 bits per heavy atom. The molecule has 0 spiro atoms. The van der Waals surface area contributed by atoms with Crippen LogP contribution in [0.15, 0.2) is 88.8 Å². The lowest BCUT2D eigenvalue weighted by atomic mass is 10.1. The Bertz CT molecular complexity index is 1060. The van der Waals surface area contributed by atoms with E-state index in [4.69, 9.17) is 4.74 Å². The van der Waals surface area contributed by atoms with Gasteiger partial charge in [-0.3, -0.25) is 4.79 Å². The Labute approximate surface area is 174 Å². The lowest BCUT2D eigenvalue weighted by Gasteiger charge is -2.07. The molecular formula is C24H20N2O2S. The maximum Gasteiger partial charge on any atom is 0.264 e. The summed E-state index contributed by atoms with van der Waals surface area (Å²) in [5.74, 6) is 0.659. The molecule has 4 nitrogen and oxygen atoms in total. The van der Waals surface area contributed by atoms with E-state index < -0.39 is 0 Å². The van der Waals surface area contributed by atoms with Gasteiger partial charge in [0.25, 0.3) is 5.91 Å². The predicted molar refractivity (Wildman–Crippen MR) is 119 cm³/mol. The monoisotopic (exact) mass is 400 g/mol. The first-order chi connectivity index (χ1) is 14.2. The fraction of sp³-hybridized carbons (Fsp3) is 0.0833. The number of amidine groups is 1. The molecule has 0 atom stereocenters. The van der Waals surface area contributed by atoms with Crippen molar-refractivity contribution < 1.29 is 9.53 Å². The van der Waals surface area contributed by atoms with E-state index in [0.717, 1.165) is 22.6 Å². The summed E-state index contributed by atoms with van der Waals surface area (Å²) in [6, 6.07) is 25.6. The third kappa shape index (κ3) is 5.15. The van der Waals surface area contributed by atoms with Crippen molar-refractivity contribution in [2.75, 3.05) is 0 Å². The average molecular weight is 401 g/mol. The standard InChI is InChI=1S/C24H20N2O2S/c1-17-7-9-19(10-8-17)16-28-21-13-11-18(12-14-21)15-22-23(27)26-24(29-22)25-20-5-3-2-4-6-20/h2-15H,16H2,1H3,(H,25,26,27). The van der Waals surface area contributed by atoms with E-state index in [0.29, 0.717) is 16.7 Å².